The quantitative estimate of drug-likeness (QED) is 0.447. The van der Waals surface area contributed by atoms with E-state index >= 15 is 0 Å². The molecule has 0 N–H and O–H groups in total. The maximum absolute atomic E-state index is 11.1. The normalized spacial score (nSPS) is 9.55. The minimum Gasteiger partial charge on any atom is -0.292 e. The van der Waals surface area contributed by atoms with E-state index in [1.165, 1.54) is 0 Å². The van der Waals surface area contributed by atoms with Crippen LogP contribution in [0.2, 0.25) is 0 Å². The maximum Gasteiger partial charge on any atom is 0.180 e. The molecule has 0 fully saturated rings. The van der Waals surface area contributed by atoms with E-state index in [1.54, 1.807) is 25.3 Å². The molecule has 0 aliphatic carbocycles. The number of hydrogen-bond acceptors (Lipinski definition) is 2. The first-order chi connectivity index (χ1) is 5.25. The van der Waals surface area contributed by atoms with Crippen LogP contribution >= 0.6 is 0 Å². The number of pyridine rings is 1. The summed E-state index contributed by atoms with van der Waals surface area (Å²) in [4.78, 5) is 15.0. The molecule has 3 heteroatoms. The number of Topliss-reactive ketones (excluding diaryl/α,β-unsaturated/α-hetero) is 1. The Hall–Kier alpha value is -1.12. The molecule has 0 saturated carbocycles. The maximum atomic E-state index is 11.1. The van der Waals surface area contributed by atoms with E-state index < -0.39 is 0 Å². The highest BCUT2D eigenvalue weighted by molar-refractivity contribution is 6.36. The van der Waals surface area contributed by atoms with Crippen LogP contribution in [0, 0.1) is 0 Å². The van der Waals surface area contributed by atoms with Crippen molar-refractivity contribution in [2.75, 3.05) is 0 Å². The highest BCUT2D eigenvalue weighted by atomic mass is 16.1. The van der Waals surface area contributed by atoms with Gasteiger partial charge in [0.2, 0.25) is 0 Å². The van der Waals surface area contributed by atoms with Crippen LogP contribution in [0.4, 0.5) is 0 Å². The van der Waals surface area contributed by atoms with E-state index in [-0.39, 0.29) is 5.78 Å². The zero-order valence-corrected chi connectivity index (χ0v) is 6.37. The van der Waals surface area contributed by atoms with Gasteiger partial charge in [0.1, 0.15) is 7.85 Å². The average Bonchev–Trinajstić information content (AvgIpc) is 2.04. The van der Waals surface area contributed by atoms with Crippen LogP contribution in [0.5, 0.6) is 0 Å². The van der Waals surface area contributed by atoms with Crippen LogP contribution in [-0.2, 0) is 0 Å². The van der Waals surface area contributed by atoms with Crippen molar-refractivity contribution in [1.82, 2.24) is 4.98 Å². The summed E-state index contributed by atoms with van der Waals surface area (Å²) in [6, 6.07) is 3.39. The van der Waals surface area contributed by atoms with E-state index in [9.17, 15) is 4.79 Å². The highest BCUT2D eigenvalue weighted by Gasteiger charge is 2.05. The Labute approximate surface area is 67.1 Å². The fourth-order valence-electron chi connectivity index (χ4n) is 0.818. The van der Waals surface area contributed by atoms with Crippen LogP contribution < -0.4 is 5.46 Å². The summed E-state index contributed by atoms with van der Waals surface area (Å²) in [5, 5.41) is 0. The predicted molar refractivity (Wildman–Crippen MR) is 44.2 cm³/mol. The molecule has 0 aromatic carbocycles. The molecule has 0 spiro atoms. The molecule has 0 atom stereocenters. The smallest absolute Gasteiger partial charge is 0.180 e. The standard InChI is InChI=1S/C8H8BNO/c1-2-7(11)8-6(9)4-3-5-10-8/h3-5H,2H2,1H3. The molecule has 0 unspecified atom stereocenters. The van der Waals surface area contributed by atoms with Crippen LogP contribution in [0.15, 0.2) is 18.3 Å². The summed E-state index contributed by atoms with van der Waals surface area (Å²) < 4.78 is 0. The van der Waals surface area contributed by atoms with Gasteiger partial charge in [-0.25, -0.2) is 0 Å². The summed E-state index contributed by atoms with van der Waals surface area (Å²) in [5.74, 6) is -0.0110. The minimum absolute atomic E-state index is 0.0110. The molecule has 0 bridgehead atoms. The molecular formula is C8H8BNO. The lowest BCUT2D eigenvalue weighted by Crippen LogP contribution is -2.16. The topological polar surface area (TPSA) is 30.0 Å². The van der Waals surface area contributed by atoms with Gasteiger partial charge in [-0.3, -0.25) is 9.78 Å². The van der Waals surface area contributed by atoms with Crippen molar-refractivity contribution in [1.29, 1.82) is 0 Å². The monoisotopic (exact) mass is 145 g/mol. The minimum atomic E-state index is -0.0110. The SMILES string of the molecule is [B]c1cccnc1C(=O)CC. The van der Waals surface area contributed by atoms with Gasteiger partial charge < -0.3 is 0 Å². The number of hydrogen-bond donors (Lipinski definition) is 0. The van der Waals surface area contributed by atoms with Crippen molar-refractivity contribution in [3.05, 3.63) is 24.0 Å². The second kappa shape index (κ2) is 3.33. The largest absolute Gasteiger partial charge is 0.292 e. The van der Waals surface area contributed by atoms with Crippen molar-refractivity contribution in [3.63, 3.8) is 0 Å². The molecular weight excluding hydrogens is 137 g/mol. The zero-order valence-electron chi connectivity index (χ0n) is 6.37. The number of carbonyl (C=O) groups is 1. The molecule has 0 saturated heterocycles. The van der Waals surface area contributed by atoms with Crippen molar-refractivity contribution < 1.29 is 4.79 Å². The molecule has 1 heterocycles. The number of carbonyl (C=O) groups excluding carboxylic acids is 1. The summed E-state index contributed by atoms with van der Waals surface area (Å²) in [6.45, 7) is 1.79. The van der Waals surface area contributed by atoms with Crippen molar-refractivity contribution in [3.8, 4) is 0 Å². The lowest BCUT2D eigenvalue weighted by molar-refractivity contribution is 0.0984. The van der Waals surface area contributed by atoms with Gasteiger partial charge in [0, 0.05) is 12.6 Å². The molecule has 2 radical (unpaired) electrons. The zero-order chi connectivity index (χ0) is 8.27. The van der Waals surface area contributed by atoms with E-state index in [4.69, 9.17) is 7.85 Å². The van der Waals surface area contributed by atoms with E-state index in [1.807, 2.05) is 0 Å². The molecule has 11 heavy (non-hydrogen) atoms. The van der Waals surface area contributed by atoms with E-state index in [0.29, 0.717) is 17.6 Å². The number of rotatable bonds is 2. The van der Waals surface area contributed by atoms with Gasteiger partial charge >= 0.3 is 0 Å². The first-order valence-electron chi connectivity index (χ1n) is 3.49. The summed E-state index contributed by atoms with van der Waals surface area (Å²) in [6.07, 6.45) is 2.01. The van der Waals surface area contributed by atoms with Gasteiger partial charge in [-0.15, -0.1) is 0 Å². The van der Waals surface area contributed by atoms with Crippen LogP contribution in [0.25, 0.3) is 0 Å². The molecule has 54 valence electrons. The second-order valence-electron chi connectivity index (χ2n) is 2.22. The third-order valence-corrected chi connectivity index (χ3v) is 1.42. The molecule has 0 aliphatic heterocycles. The van der Waals surface area contributed by atoms with Crippen molar-refractivity contribution in [2.24, 2.45) is 0 Å². The number of ketones is 1. The van der Waals surface area contributed by atoms with E-state index in [0.717, 1.165) is 0 Å². The van der Waals surface area contributed by atoms with Gasteiger partial charge in [-0.1, -0.05) is 18.5 Å². The van der Waals surface area contributed by atoms with Gasteiger partial charge in [-0.05, 0) is 6.07 Å². The lowest BCUT2D eigenvalue weighted by atomic mass is 9.92. The van der Waals surface area contributed by atoms with E-state index in [2.05, 4.69) is 4.98 Å². The number of nitrogens with zero attached hydrogens (tertiary/aromatic N) is 1. The Morgan fingerprint density at radius 1 is 1.73 bits per heavy atom. The van der Waals surface area contributed by atoms with Crippen LogP contribution in [-0.4, -0.2) is 18.6 Å². The molecule has 0 amide bonds. The number of aromatic nitrogens is 1. The first-order valence-corrected chi connectivity index (χ1v) is 3.49. The van der Waals surface area contributed by atoms with Crippen LogP contribution in [0.1, 0.15) is 23.8 Å². The molecule has 1 aromatic rings. The average molecular weight is 145 g/mol. The molecule has 1 aromatic heterocycles. The van der Waals surface area contributed by atoms with Gasteiger partial charge in [0.25, 0.3) is 0 Å². The Kier molecular flexibility index (Phi) is 2.42. The fourth-order valence-corrected chi connectivity index (χ4v) is 0.818. The Bertz CT molecular complexity index is 273. The third-order valence-electron chi connectivity index (χ3n) is 1.42. The van der Waals surface area contributed by atoms with Gasteiger partial charge in [0.05, 0.1) is 5.69 Å². The first kappa shape index (κ1) is 7.99. The Balaban J connectivity index is 3.03. The summed E-state index contributed by atoms with van der Waals surface area (Å²) >= 11 is 0. The molecule has 0 aliphatic rings. The summed E-state index contributed by atoms with van der Waals surface area (Å²) in [7, 11) is 5.51. The third kappa shape index (κ3) is 1.67. The summed E-state index contributed by atoms with van der Waals surface area (Å²) in [5.41, 5.74) is 0.842. The Morgan fingerprint density at radius 3 is 3.00 bits per heavy atom. The van der Waals surface area contributed by atoms with Crippen molar-refractivity contribution >= 4 is 19.1 Å². The molecule has 1 rings (SSSR count). The molecule has 2 nitrogen and oxygen atoms in total. The fraction of sp³-hybridized carbons (Fsp3) is 0.250. The highest BCUT2D eigenvalue weighted by Crippen LogP contribution is 1.94. The van der Waals surface area contributed by atoms with Gasteiger partial charge in [0.15, 0.2) is 5.78 Å². The predicted octanol–water partition coefficient (Wildman–Crippen LogP) is 0.468. The van der Waals surface area contributed by atoms with Gasteiger partial charge in [-0.2, -0.15) is 0 Å². The van der Waals surface area contributed by atoms with Crippen molar-refractivity contribution in [2.45, 2.75) is 13.3 Å². The Morgan fingerprint density at radius 2 is 2.45 bits per heavy atom. The van der Waals surface area contributed by atoms with Crippen LogP contribution in [0.3, 0.4) is 0 Å². The lowest BCUT2D eigenvalue weighted by Gasteiger charge is -1.99. The second-order valence-corrected chi connectivity index (χ2v) is 2.22.